The number of benzene rings is 1. The lowest BCUT2D eigenvalue weighted by Crippen LogP contribution is -2.14. The molecule has 0 spiro atoms. The van der Waals surface area contributed by atoms with Crippen molar-refractivity contribution >= 4 is 32.2 Å². The topological polar surface area (TPSA) is 139 Å². The smallest absolute Gasteiger partial charge is 0.310 e. The molecule has 0 heterocycles. The molecule has 10 nitrogen and oxygen atoms in total. The van der Waals surface area contributed by atoms with Crippen molar-refractivity contribution in [1.29, 1.82) is 0 Å². The van der Waals surface area contributed by atoms with Crippen molar-refractivity contribution in [2.75, 3.05) is 38.9 Å². The number of unbranched alkanes of at least 4 members (excludes halogenated alkanes) is 6. The molecule has 0 unspecified atom stereocenters. The number of hydrogen-bond donors (Lipinski definition) is 0. The Bertz CT molecular complexity index is 1040. The highest BCUT2D eigenvalue weighted by Crippen LogP contribution is 2.24. The predicted octanol–water partition coefficient (Wildman–Crippen LogP) is 4.06. The minimum Gasteiger partial charge on any atom is -0.466 e. The fraction of sp³-hybridized carbons (Fsp3) is 0.714. The molecule has 0 radical (unpaired) electrons. The maximum Gasteiger partial charge on any atom is 0.310 e. The number of ether oxygens (including phenoxy) is 2. The van der Waals surface area contributed by atoms with Crippen LogP contribution < -0.4 is 0 Å². The maximum atomic E-state index is 12.3. The van der Waals surface area contributed by atoms with E-state index in [0.717, 1.165) is 86.1 Å². The van der Waals surface area contributed by atoms with Crippen molar-refractivity contribution in [3.63, 3.8) is 0 Å². The molecule has 0 N–H and O–H groups in total. The first-order chi connectivity index (χ1) is 18.8. The Hall–Kier alpha value is -2.02. The van der Waals surface area contributed by atoms with Crippen LogP contribution in [0.1, 0.15) is 87.5 Å². The van der Waals surface area contributed by atoms with Gasteiger partial charge in [0.25, 0.3) is 20.2 Å². The second-order valence-electron chi connectivity index (χ2n) is 9.73. The highest BCUT2D eigenvalue weighted by molar-refractivity contribution is 7.86. The molecule has 0 atom stereocenters. The van der Waals surface area contributed by atoms with Crippen LogP contribution in [0, 0.1) is 0 Å². The SMILES string of the molecule is CCOC(=O)Cc1cc(CCCCCCOS(C)(=O)=O)c(CCCCCCOS(C)(=O)=O)cc1CC(=O)OCC. The molecule has 1 aromatic rings. The van der Waals surface area contributed by atoms with Crippen molar-refractivity contribution < 1.29 is 44.3 Å². The van der Waals surface area contributed by atoms with E-state index in [9.17, 15) is 26.4 Å². The van der Waals surface area contributed by atoms with Crippen molar-refractivity contribution in [3.05, 3.63) is 34.4 Å². The van der Waals surface area contributed by atoms with Crippen molar-refractivity contribution in [2.45, 2.75) is 90.9 Å². The van der Waals surface area contributed by atoms with Gasteiger partial charge in [0.05, 0.1) is 51.8 Å². The van der Waals surface area contributed by atoms with Crippen LogP contribution in [0.2, 0.25) is 0 Å². The standard InChI is InChI=1S/C28H46O10S2/c1-5-35-27(29)21-25-19-23(15-11-7-9-13-17-37-39(3,31)32)24(20-26(25)22-28(30)36-6-2)16-12-8-10-14-18-38-40(4,33)34/h19-20H,5-18,21-22H2,1-4H3. The normalized spacial score (nSPS) is 11.9. The molecular formula is C28H46O10S2. The third kappa shape index (κ3) is 17.6. The van der Waals surface area contributed by atoms with Crippen LogP contribution in [0.4, 0.5) is 0 Å². The molecule has 12 heteroatoms. The van der Waals surface area contributed by atoms with Crippen LogP contribution in [0.3, 0.4) is 0 Å². The Morgan fingerprint density at radius 2 is 0.925 bits per heavy atom. The zero-order valence-electron chi connectivity index (χ0n) is 24.4. The number of esters is 2. The zero-order chi connectivity index (χ0) is 30.0. The molecule has 0 aliphatic carbocycles. The molecule has 0 fully saturated rings. The average Bonchev–Trinajstić information content (AvgIpc) is 2.83. The van der Waals surface area contributed by atoms with Gasteiger partial charge in [-0.25, -0.2) is 0 Å². The van der Waals surface area contributed by atoms with E-state index in [2.05, 4.69) is 0 Å². The molecule has 0 bridgehead atoms. The summed E-state index contributed by atoms with van der Waals surface area (Å²) in [6.45, 7) is 4.39. The average molecular weight is 607 g/mol. The lowest BCUT2D eigenvalue weighted by Gasteiger charge is -2.17. The second kappa shape index (κ2) is 19.2. The van der Waals surface area contributed by atoms with Gasteiger partial charge in [-0.05, 0) is 74.6 Å². The summed E-state index contributed by atoms with van der Waals surface area (Å²) < 4.78 is 64.3. The summed E-state index contributed by atoms with van der Waals surface area (Å²) >= 11 is 0. The van der Waals surface area contributed by atoms with Gasteiger partial charge >= 0.3 is 11.9 Å². The van der Waals surface area contributed by atoms with Crippen LogP contribution in [0.25, 0.3) is 0 Å². The van der Waals surface area contributed by atoms with Gasteiger partial charge in [-0.15, -0.1) is 0 Å². The summed E-state index contributed by atoms with van der Waals surface area (Å²) in [5.74, 6) is -0.706. The molecular weight excluding hydrogens is 560 g/mol. The Kier molecular flexibility index (Phi) is 17.3. The first-order valence-electron chi connectivity index (χ1n) is 14.0. The lowest BCUT2D eigenvalue weighted by molar-refractivity contribution is -0.143. The first-order valence-corrected chi connectivity index (χ1v) is 17.6. The highest BCUT2D eigenvalue weighted by atomic mass is 32.2. The van der Waals surface area contributed by atoms with Gasteiger partial charge in [-0.3, -0.25) is 18.0 Å². The second-order valence-corrected chi connectivity index (χ2v) is 13.0. The van der Waals surface area contributed by atoms with Crippen LogP contribution in [0.5, 0.6) is 0 Å². The summed E-state index contributed by atoms with van der Waals surface area (Å²) in [5, 5.41) is 0. The summed E-state index contributed by atoms with van der Waals surface area (Å²) in [5.41, 5.74) is 3.73. The molecule has 40 heavy (non-hydrogen) atoms. The van der Waals surface area contributed by atoms with Crippen LogP contribution in [-0.4, -0.2) is 67.7 Å². The molecule has 0 aliphatic rings. The van der Waals surface area contributed by atoms with Gasteiger partial charge in [0.15, 0.2) is 0 Å². The fourth-order valence-corrected chi connectivity index (χ4v) is 5.12. The summed E-state index contributed by atoms with van der Waals surface area (Å²) in [7, 11) is -6.86. The summed E-state index contributed by atoms with van der Waals surface area (Å²) in [4.78, 5) is 24.6. The minimum absolute atomic E-state index is 0.0685. The number of hydrogen-bond acceptors (Lipinski definition) is 10. The molecule has 0 saturated carbocycles. The lowest BCUT2D eigenvalue weighted by atomic mass is 9.89. The molecule has 1 rings (SSSR count). The number of carbonyl (C=O) groups excluding carboxylic acids is 2. The van der Waals surface area contributed by atoms with Crippen molar-refractivity contribution in [2.24, 2.45) is 0 Å². The van der Waals surface area contributed by atoms with Crippen LogP contribution in [-0.2, 0) is 73.3 Å². The van der Waals surface area contributed by atoms with Crippen LogP contribution in [0.15, 0.2) is 12.1 Å². The predicted molar refractivity (Wildman–Crippen MR) is 153 cm³/mol. The Labute approximate surface area is 240 Å². The van der Waals surface area contributed by atoms with Gasteiger partial charge in [0.1, 0.15) is 0 Å². The van der Waals surface area contributed by atoms with E-state index in [4.69, 9.17) is 17.8 Å². The Balaban J connectivity index is 2.96. The largest absolute Gasteiger partial charge is 0.466 e. The first kappa shape index (κ1) is 36.0. The van der Waals surface area contributed by atoms with E-state index in [1.54, 1.807) is 13.8 Å². The summed E-state index contributed by atoms with van der Waals surface area (Å²) in [6, 6.07) is 4.01. The van der Waals surface area contributed by atoms with E-state index in [-0.39, 0.29) is 51.2 Å². The fourth-order valence-electron chi connectivity index (χ4n) is 4.28. The van der Waals surface area contributed by atoms with E-state index >= 15 is 0 Å². The molecule has 0 aliphatic heterocycles. The highest BCUT2D eigenvalue weighted by Gasteiger charge is 2.17. The molecule has 0 saturated heterocycles. The van der Waals surface area contributed by atoms with Gasteiger partial charge in [0.2, 0.25) is 0 Å². The number of carbonyl (C=O) groups is 2. The van der Waals surface area contributed by atoms with Gasteiger partial charge in [0, 0.05) is 0 Å². The van der Waals surface area contributed by atoms with E-state index in [0.29, 0.717) is 12.8 Å². The Morgan fingerprint density at radius 3 is 1.25 bits per heavy atom. The molecule has 230 valence electrons. The van der Waals surface area contributed by atoms with E-state index in [1.807, 2.05) is 12.1 Å². The number of rotatable bonds is 22. The van der Waals surface area contributed by atoms with E-state index in [1.165, 1.54) is 0 Å². The minimum atomic E-state index is -3.43. The monoisotopic (exact) mass is 606 g/mol. The van der Waals surface area contributed by atoms with Gasteiger partial charge in [-0.2, -0.15) is 16.8 Å². The zero-order valence-corrected chi connectivity index (χ0v) is 26.0. The molecule has 0 amide bonds. The third-order valence-corrected chi connectivity index (χ3v) is 7.27. The quantitative estimate of drug-likeness (QED) is 0.108. The summed E-state index contributed by atoms with van der Waals surface area (Å²) in [6.07, 6.45) is 10.3. The van der Waals surface area contributed by atoms with E-state index < -0.39 is 20.2 Å². The Morgan fingerprint density at radius 1 is 0.575 bits per heavy atom. The number of aryl methyl sites for hydroxylation is 2. The molecule has 1 aromatic carbocycles. The van der Waals surface area contributed by atoms with Gasteiger partial charge in [-0.1, -0.05) is 37.8 Å². The van der Waals surface area contributed by atoms with Crippen molar-refractivity contribution in [1.82, 2.24) is 0 Å². The van der Waals surface area contributed by atoms with Crippen molar-refractivity contribution in [3.8, 4) is 0 Å². The van der Waals surface area contributed by atoms with Gasteiger partial charge < -0.3 is 9.47 Å². The van der Waals surface area contributed by atoms with Crippen LogP contribution >= 0.6 is 0 Å². The third-order valence-electron chi connectivity index (χ3n) is 6.08. The molecule has 0 aromatic heterocycles. The maximum absolute atomic E-state index is 12.3.